The molecule has 32 heavy (non-hydrogen) atoms. The number of anilines is 1. The molecule has 0 atom stereocenters. The number of hydrogen-bond donors (Lipinski definition) is 2. The maximum absolute atomic E-state index is 13.1. The summed E-state index contributed by atoms with van der Waals surface area (Å²) in [6.45, 7) is 4.71. The van der Waals surface area contributed by atoms with Crippen molar-refractivity contribution in [3.63, 3.8) is 0 Å². The normalized spacial score (nSPS) is 14.7. The first-order valence-electron chi connectivity index (χ1n) is 11.0. The number of pyridine rings is 1. The van der Waals surface area contributed by atoms with E-state index in [-0.39, 0.29) is 17.9 Å². The van der Waals surface area contributed by atoms with Gasteiger partial charge < -0.3 is 10.6 Å². The summed E-state index contributed by atoms with van der Waals surface area (Å²) in [5.74, 6) is -0.412. The van der Waals surface area contributed by atoms with Crippen molar-refractivity contribution < 1.29 is 9.59 Å². The van der Waals surface area contributed by atoms with E-state index in [4.69, 9.17) is 0 Å². The molecule has 2 amide bonds. The van der Waals surface area contributed by atoms with E-state index >= 15 is 0 Å². The van der Waals surface area contributed by atoms with Gasteiger partial charge in [0.1, 0.15) is 0 Å². The van der Waals surface area contributed by atoms with Crippen molar-refractivity contribution in [1.29, 1.82) is 0 Å². The van der Waals surface area contributed by atoms with Crippen LogP contribution < -0.4 is 10.6 Å². The van der Waals surface area contributed by atoms with E-state index in [0.717, 1.165) is 38.0 Å². The number of likely N-dealkylation sites (tertiary alicyclic amines) is 1. The molecule has 0 saturated carbocycles. The number of para-hydroxylation sites is 1. The van der Waals surface area contributed by atoms with Crippen molar-refractivity contribution in [1.82, 2.24) is 15.2 Å². The third-order valence-electron chi connectivity index (χ3n) is 5.87. The van der Waals surface area contributed by atoms with Gasteiger partial charge >= 0.3 is 0 Å². The molecule has 1 aliphatic heterocycles. The second kappa shape index (κ2) is 10.2. The fourth-order valence-corrected chi connectivity index (χ4v) is 4.05. The predicted molar refractivity (Wildman–Crippen MR) is 126 cm³/mol. The number of benzene rings is 2. The highest BCUT2D eigenvalue weighted by Gasteiger charge is 2.23. The van der Waals surface area contributed by atoms with E-state index in [2.05, 4.69) is 44.8 Å². The van der Waals surface area contributed by atoms with Crippen molar-refractivity contribution >= 4 is 17.5 Å². The monoisotopic (exact) mass is 428 g/mol. The third-order valence-corrected chi connectivity index (χ3v) is 5.87. The third kappa shape index (κ3) is 5.39. The second-order valence-corrected chi connectivity index (χ2v) is 8.20. The molecule has 6 heteroatoms. The summed E-state index contributed by atoms with van der Waals surface area (Å²) in [6.07, 6.45) is 4.96. The quantitative estimate of drug-likeness (QED) is 0.622. The maximum atomic E-state index is 13.1. The first-order valence-corrected chi connectivity index (χ1v) is 11.0. The fraction of sp³-hybridized carbons (Fsp3) is 0.269. The van der Waals surface area contributed by atoms with Gasteiger partial charge in [-0.1, -0.05) is 42.5 Å². The van der Waals surface area contributed by atoms with Crippen LogP contribution in [0.4, 0.5) is 5.69 Å². The summed E-state index contributed by atoms with van der Waals surface area (Å²) in [5.41, 5.74) is 3.69. The van der Waals surface area contributed by atoms with Crippen molar-refractivity contribution in [2.24, 2.45) is 0 Å². The minimum absolute atomic E-state index is 0.124. The Kier molecular flexibility index (Phi) is 6.92. The van der Waals surface area contributed by atoms with Gasteiger partial charge in [-0.2, -0.15) is 0 Å². The number of hydrogen-bond acceptors (Lipinski definition) is 4. The summed E-state index contributed by atoms with van der Waals surface area (Å²) >= 11 is 0. The van der Waals surface area contributed by atoms with Crippen LogP contribution in [0.25, 0.3) is 0 Å². The van der Waals surface area contributed by atoms with Gasteiger partial charge in [0, 0.05) is 43.6 Å². The number of nitrogens with one attached hydrogen (secondary N) is 2. The van der Waals surface area contributed by atoms with Gasteiger partial charge in [-0.05, 0) is 49.1 Å². The zero-order valence-corrected chi connectivity index (χ0v) is 18.3. The minimum atomic E-state index is -0.259. The Morgan fingerprint density at radius 1 is 0.938 bits per heavy atom. The van der Waals surface area contributed by atoms with Crippen LogP contribution in [0.3, 0.4) is 0 Å². The molecule has 2 N–H and O–H groups in total. The molecule has 1 aliphatic rings. The maximum Gasteiger partial charge on any atom is 0.255 e. The van der Waals surface area contributed by atoms with Gasteiger partial charge in [0.15, 0.2) is 0 Å². The molecule has 1 saturated heterocycles. The van der Waals surface area contributed by atoms with Crippen LogP contribution >= 0.6 is 0 Å². The molecule has 0 spiro atoms. The highest BCUT2D eigenvalue weighted by Crippen LogP contribution is 2.22. The van der Waals surface area contributed by atoms with Gasteiger partial charge in [0.05, 0.1) is 11.3 Å². The number of aromatic nitrogens is 1. The second-order valence-electron chi connectivity index (χ2n) is 8.20. The zero-order valence-electron chi connectivity index (χ0n) is 18.3. The first kappa shape index (κ1) is 21.7. The molecule has 4 rings (SSSR count). The number of carbonyl (C=O) groups is 2. The lowest BCUT2D eigenvalue weighted by Gasteiger charge is -2.32. The predicted octanol–water partition coefficient (Wildman–Crippen LogP) is 4.04. The summed E-state index contributed by atoms with van der Waals surface area (Å²) in [4.78, 5) is 32.1. The minimum Gasteiger partial charge on any atom is -0.349 e. The number of nitrogens with zero attached hydrogens (tertiary/aromatic N) is 2. The molecule has 0 aliphatic carbocycles. The Hall–Kier alpha value is -3.51. The SMILES string of the molecule is Cc1cccc(C(=O)NC2CCN(Cc3ccccc3)CC2)c1NC(=O)c1ccncc1. The first-order chi connectivity index (χ1) is 15.6. The molecule has 0 radical (unpaired) electrons. The van der Waals surface area contributed by atoms with Crippen molar-refractivity contribution in [3.05, 3.63) is 95.3 Å². The fourth-order valence-electron chi connectivity index (χ4n) is 4.05. The highest BCUT2D eigenvalue weighted by molar-refractivity contribution is 6.09. The van der Waals surface area contributed by atoms with Crippen LogP contribution in [0.5, 0.6) is 0 Å². The molecular weight excluding hydrogens is 400 g/mol. The number of amides is 2. The zero-order chi connectivity index (χ0) is 22.3. The molecular formula is C26H28N4O2. The Morgan fingerprint density at radius 2 is 1.66 bits per heavy atom. The summed E-state index contributed by atoms with van der Waals surface area (Å²) in [5, 5.41) is 6.09. The Bertz CT molecular complexity index is 1060. The summed E-state index contributed by atoms with van der Waals surface area (Å²) < 4.78 is 0. The van der Waals surface area contributed by atoms with Gasteiger partial charge in [0.25, 0.3) is 11.8 Å². The Labute approximate surface area is 188 Å². The molecule has 2 aromatic carbocycles. The van der Waals surface area contributed by atoms with E-state index in [1.807, 2.05) is 25.1 Å². The molecule has 0 unspecified atom stereocenters. The summed E-state index contributed by atoms with van der Waals surface area (Å²) in [7, 11) is 0. The van der Waals surface area contributed by atoms with Crippen LogP contribution in [-0.4, -0.2) is 40.8 Å². The van der Waals surface area contributed by atoms with E-state index in [0.29, 0.717) is 16.8 Å². The number of piperidine rings is 1. The number of rotatable bonds is 6. The molecule has 3 aromatic rings. The van der Waals surface area contributed by atoms with Crippen LogP contribution in [0.1, 0.15) is 44.7 Å². The largest absolute Gasteiger partial charge is 0.349 e. The van der Waals surface area contributed by atoms with Crippen LogP contribution in [0.2, 0.25) is 0 Å². The molecule has 1 aromatic heterocycles. The molecule has 0 bridgehead atoms. The lowest BCUT2D eigenvalue weighted by Crippen LogP contribution is -2.44. The topological polar surface area (TPSA) is 74.3 Å². The van der Waals surface area contributed by atoms with Gasteiger partial charge in [0.2, 0.25) is 0 Å². The van der Waals surface area contributed by atoms with Crippen LogP contribution in [0, 0.1) is 6.92 Å². The summed E-state index contributed by atoms with van der Waals surface area (Å²) in [6, 6.07) is 19.4. The van der Waals surface area contributed by atoms with Crippen molar-refractivity contribution in [2.45, 2.75) is 32.4 Å². The van der Waals surface area contributed by atoms with Gasteiger partial charge in [-0.15, -0.1) is 0 Å². The van der Waals surface area contributed by atoms with Gasteiger partial charge in [-0.3, -0.25) is 19.5 Å². The van der Waals surface area contributed by atoms with Crippen molar-refractivity contribution in [2.75, 3.05) is 18.4 Å². The van der Waals surface area contributed by atoms with E-state index < -0.39 is 0 Å². The molecule has 1 fully saturated rings. The van der Waals surface area contributed by atoms with Crippen LogP contribution in [0.15, 0.2) is 73.1 Å². The van der Waals surface area contributed by atoms with E-state index in [9.17, 15) is 9.59 Å². The van der Waals surface area contributed by atoms with E-state index in [1.54, 1.807) is 30.6 Å². The van der Waals surface area contributed by atoms with Crippen molar-refractivity contribution in [3.8, 4) is 0 Å². The average molecular weight is 429 g/mol. The number of aryl methyl sites for hydroxylation is 1. The Morgan fingerprint density at radius 3 is 2.38 bits per heavy atom. The van der Waals surface area contributed by atoms with Crippen LogP contribution in [-0.2, 0) is 6.54 Å². The molecule has 6 nitrogen and oxygen atoms in total. The smallest absolute Gasteiger partial charge is 0.255 e. The van der Waals surface area contributed by atoms with Gasteiger partial charge in [-0.25, -0.2) is 0 Å². The van der Waals surface area contributed by atoms with E-state index in [1.165, 1.54) is 5.56 Å². The standard InChI is InChI=1S/C26H28N4O2/c1-19-6-5-9-23(24(19)29-25(31)21-10-14-27-15-11-21)26(32)28-22-12-16-30(17-13-22)18-20-7-3-2-4-8-20/h2-11,14-15,22H,12-13,16-18H2,1H3,(H,28,32)(H,29,31). The molecule has 2 heterocycles. The lowest BCUT2D eigenvalue weighted by molar-refractivity contribution is 0.0909. The number of carbonyl (C=O) groups excluding carboxylic acids is 2. The lowest BCUT2D eigenvalue weighted by atomic mass is 10.0. The molecule has 164 valence electrons. The average Bonchev–Trinajstić information content (AvgIpc) is 2.83. The highest BCUT2D eigenvalue weighted by atomic mass is 16.2. The Balaban J connectivity index is 1.38.